The van der Waals surface area contributed by atoms with Crippen LogP contribution in [0.1, 0.15) is 5.56 Å². The molecule has 0 nitrogen and oxygen atoms in total. The molecule has 2 unspecified atom stereocenters. The van der Waals surface area contributed by atoms with Crippen LogP contribution in [0.25, 0.3) is 0 Å². The van der Waals surface area contributed by atoms with Crippen LogP contribution in [0.15, 0.2) is 53.9 Å². The topological polar surface area (TPSA) is 0 Å². The van der Waals surface area contributed by atoms with E-state index in [4.69, 9.17) is 0 Å². The van der Waals surface area contributed by atoms with Crippen LogP contribution in [0.3, 0.4) is 0 Å². The van der Waals surface area contributed by atoms with Gasteiger partial charge < -0.3 is 0 Å². The van der Waals surface area contributed by atoms with E-state index in [9.17, 15) is 0 Å². The van der Waals surface area contributed by atoms with Gasteiger partial charge in [0.1, 0.15) is 33.6 Å². The Bertz CT molecular complexity index is 847. The van der Waals surface area contributed by atoms with Gasteiger partial charge in [0.25, 0.3) is 0 Å². The molecule has 0 heterocycles. The van der Waals surface area contributed by atoms with Crippen LogP contribution in [-0.4, -0.2) is 22.3 Å². The molecule has 0 amide bonds. The Morgan fingerprint density at radius 1 is 0.923 bits per heavy atom. The Hall–Kier alpha value is -1.89. The SMILES string of the molecule is C[Si](C)(C)C#CC1=C(F)C(C#C[Si](C)(C)C)(c2ccccc2)C(F)C=C1. The zero-order chi connectivity index (χ0) is 19.6. The molecule has 26 heavy (non-hydrogen) atoms. The molecule has 0 spiro atoms. The largest absolute Gasteiger partial charge is 0.240 e. The highest BCUT2D eigenvalue weighted by Gasteiger charge is 2.46. The quantitative estimate of drug-likeness (QED) is 0.423. The molecular formula is C22H26F2Si2. The molecule has 0 saturated heterocycles. The number of rotatable bonds is 1. The van der Waals surface area contributed by atoms with Gasteiger partial charge in [0.05, 0.1) is 5.57 Å². The van der Waals surface area contributed by atoms with Crippen molar-refractivity contribution in [3.05, 3.63) is 59.4 Å². The fourth-order valence-corrected chi connectivity index (χ4v) is 3.63. The minimum Gasteiger partial charge on any atom is -0.240 e. The second kappa shape index (κ2) is 7.39. The molecule has 0 bridgehead atoms. The summed E-state index contributed by atoms with van der Waals surface area (Å²) in [6.45, 7) is 12.5. The van der Waals surface area contributed by atoms with Crippen molar-refractivity contribution in [3.8, 4) is 22.9 Å². The molecule has 0 fully saturated rings. The van der Waals surface area contributed by atoms with Crippen molar-refractivity contribution >= 4 is 16.1 Å². The van der Waals surface area contributed by atoms with Crippen LogP contribution in [0, 0.1) is 22.9 Å². The summed E-state index contributed by atoms with van der Waals surface area (Å²) in [5, 5.41) is 0. The maximum atomic E-state index is 15.7. The van der Waals surface area contributed by atoms with E-state index in [1.807, 2.05) is 6.07 Å². The molecule has 0 radical (unpaired) electrons. The van der Waals surface area contributed by atoms with Crippen molar-refractivity contribution in [1.29, 1.82) is 0 Å². The van der Waals surface area contributed by atoms with E-state index in [-0.39, 0.29) is 5.57 Å². The monoisotopic (exact) mass is 384 g/mol. The summed E-state index contributed by atoms with van der Waals surface area (Å²) in [5.41, 5.74) is 5.53. The third-order valence-electron chi connectivity index (χ3n) is 3.86. The molecule has 0 aromatic heterocycles. The van der Waals surface area contributed by atoms with Gasteiger partial charge in [-0.25, -0.2) is 8.78 Å². The first-order valence-corrected chi connectivity index (χ1v) is 15.8. The molecule has 1 aliphatic rings. The summed E-state index contributed by atoms with van der Waals surface area (Å²) in [6.07, 6.45) is 1.31. The summed E-state index contributed by atoms with van der Waals surface area (Å²) in [7, 11) is -3.50. The standard InChI is InChI=1S/C22H26F2Si2/c1-25(2,3)16-14-18-12-13-20(23)22(21(18)24,15-17-26(4,5)6)19-10-8-7-9-11-19/h7-13,20H,1-6H3. The average molecular weight is 385 g/mol. The lowest BCUT2D eigenvalue weighted by Crippen LogP contribution is -2.38. The normalized spacial score (nSPS) is 23.0. The number of alkyl halides is 1. The number of hydrogen-bond donors (Lipinski definition) is 0. The van der Waals surface area contributed by atoms with Crippen LogP contribution in [0.4, 0.5) is 8.78 Å². The molecule has 2 atom stereocenters. The van der Waals surface area contributed by atoms with Crippen LogP contribution in [-0.2, 0) is 5.41 Å². The van der Waals surface area contributed by atoms with Crippen molar-refractivity contribution in [2.24, 2.45) is 0 Å². The second-order valence-corrected chi connectivity index (χ2v) is 18.2. The maximum absolute atomic E-state index is 15.7. The Kier molecular flexibility index (Phi) is 5.80. The van der Waals surface area contributed by atoms with Crippen LogP contribution in [0.5, 0.6) is 0 Å². The minimum absolute atomic E-state index is 0.245. The van der Waals surface area contributed by atoms with E-state index in [0.29, 0.717) is 5.56 Å². The van der Waals surface area contributed by atoms with Gasteiger partial charge in [0.15, 0.2) is 0 Å². The van der Waals surface area contributed by atoms with Gasteiger partial charge in [0, 0.05) is 0 Å². The minimum atomic E-state index is -1.82. The lowest BCUT2D eigenvalue weighted by molar-refractivity contribution is 0.279. The highest BCUT2D eigenvalue weighted by molar-refractivity contribution is 6.84. The van der Waals surface area contributed by atoms with E-state index in [0.717, 1.165) is 0 Å². The van der Waals surface area contributed by atoms with Gasteiger partial charge in [-0.15, -0.1) is 11.1 Å². The average Bonchev–Trinajstić information content (AvgIpc) is 2.53. The van der Waals surface area contributed by atoms with E-state index >= 15 is 8.78 Å². The van der Waals surface area contributed by atoms with E-state index in [1.165, 1.54) is 12.2 Å². The number of hydrogen-bond acceptors (Lipinski definition) is 0. The Labute approximate surface area is 158 Å². The molecule has 0 N–H and O–H groups in total. The van der Waals surface area contributed by atoms with Gasteiger partial charge in [-0.1, -0.05) is 81.5 Å². The Morgan fingerprint density at radius 2 is 1.50 bits per heavy atom. The summed E-state index contributed by atoms with van der Waals surface area (Å²) in [6, 6.07) is 8.90. The fourth-order valence-electron chi connectivity index (χ4n) is 2.55. The summed E-state index contributed by atoms with van der Waals surface area (Å²) < 4.78 is 30.8. The van der Waals surface area contributed by atoms with Crippen molar-refractivity contribution in [3.63, 3.8) is 0 Å². The molecular weight excluding hydrogens is 358 g/mol. The van der Waals surface area contributed by atoms with Gasteiger partial charge in [0.2, 0.25) is 0 Å². The molecule has 0 saturated carbocycles. The van der Waals surface area contributed by atoms with Gasteiger partial charge in [-0.05, 0) is 17.7 Å². The van der Waals surface area contributed by atoms with E-state index in [2.05, 4.69) is 62.2 Å². The molecule has 2 rings (SSSR count). The second-order valence-electron chi connectivity index (χ2n) is 8.66. The number of halogens is 2. The van der Waals surface area contributed by atoms with Crippen molar-refractivity contribution in [1.82, 2.24) is 0 Å². The number of benzene rings is 1. The molecule has 1 aromatic carbocycles. The first-order valence-electron chi connectivity index (χ1n) is 8.81. The molecule has 1 aromatic rings. The maximum Gasteiger partial charge on any atom is 0.146 e. The van der Waals surface area contributed by atoms with Gasteiger partial charge >= 0.3 is 0 Å². The Morgan fingerprint density at radius 3 is 2.04 bits per heavy atom. The number of allylic oxidation sites excluding steroid dienone is 4. The lowest BCUT2D eigenvalue weighted by Gasteiger charge is -2.33. The lowest BCUT2D eigenvalue weighted by atomic mass is 9.72. The van der Waals surface area contributed by atoms with Crippen LogP contribution < -0.4 is 0 Å². The first kappa shape index (κ1) is 20.4. The smallest absolute Gasteiger partial charge is 0.146 e. The van der Waals surface area contributed by atoms with Gasteiger partial charge in [-0.2, -0.15) is 0 Å². The summed E-state index contributed by atoms with van der Waals surface area (Å²) in [5.74, 6) is 5.40. The predicted molar refractivity (Wildman–Crippen MR) is 113 cm³/mol. The third-order valence-corrected chi connectivity index (χ3v) is 5.61. The molecule has 0 aliphatic heterocycles. The van der Waals surface area contributed by atoms with Gasteiger partial charge in [-0.3, -0.25) is 0 Å². The Balaban J connectivity index is 2.75. The zero-order valence-electron chi connectivity index (χ0n) is 16.4. The van der Waals surface area contributed by atoms with Crippen molar-refractivity contribution < 1.29 is 8.78 Å². The van der Waals surface area contributed by atoms with E-state index < -0.39 is 33.6 Å². The van der Waals surface area contributed by atoms with Crippen LogP contribution in [0.2, 0.25) is 39.3 Å². The highest BCUT2D eigenvalue weighted by atomic mass is 28.3. The van der Waals surface area contributed by atoms with E-state index in [1.54, 1.807) is 24.3 Å². The molecule has 136 valence electrons. The highest BCUT2D eigenvalue weighted by Crippen LogP contribution is 2.43. The van der Waals surface area contributed by atoms with Crippen molar-refractivity contribution in [2.45, 2.75) is 50.9 Å². The first-order chi connectivity index (χ1) is 12.0. The zero-order valence-corrected chi connectivity index (χ0v) is 18.4. The summed E-state index contributed by atoms with van der Waals surface area (Å²) >= 11 is 0. The predicted octanol–water partition coefficient (Wildman–Crippen LogP) is 5.82. The fraction of sp³-hybridized carbons (Fsp3) is 0.364. The van der Waals surface area contributed by atoms with Crippen LogP contribution >= 0.6 is 0 Å². The summed E-state index contributed by atoms with van der Waals surface area (Å²) in [4.78, 5) is 0. The molecule has 1 aliphatic carbocycles. The molecule has 4 heteroatoms. The van der Waals surface area contributed by atoms with Crippen molar-refractivity contribution in [2.75, 3.05) is 0 Å². The third kappa shape index (κ3) is 4.64.